The minimum Gasteiger partial charge on any atom is -0.356 e. The van der Waals surface area contributed by atoms with Crippen LogP contribution in [0.15, 0.2) is 54.7 Å². The molecule has 0 saturated heterocycles. The quantitative estimate of drug-likeness (QED) is 0.604. The van der Waals surface area contributed by atoms with E-state index in [2.05, 4.69) is 85.5 Å². The molecule has 26 heavy (non-hydrogen) atoms. The molecule has 3 aromatic rings. The summed E-state index contributed by atoms with van der Waals surface area (Å²) in [7, 11) is 2.07. The number of carbonyl (C=O) groups is 1. The Morgan fingerprint density at radius 1 is 1.12 bits per heavy atom. The number of hydrogen-bond acceptors (Lipinski definition) is 1. The van der Waals surface area contributed by atoms with E-state index in [9.17, 15) is 4.79 Å². The first-order valence-corrected chi connectivity index (χ1v) is 9.47. The molecule has 1 atom stereocenters. The first-order chi connectivity index (χ1) is 12.6. The van der Waals surface area contributed by atoms with Crippen LogP contribution in [-0.4, -0.2) is 17.0 Å². The minimum absolute atomic E-state index is 0.0586. The average Bonchev–Trinajstić information content (AvgIpc) is 2.98. The van der Waals surface area contributed by atoms with Crippen LogP contribution in [0, 0.1) is 6.92 Å². The fourth-order valence-electron chi connectivity index (χ4n) is 3.52. The first-order valence-electron chi connectivity index (χ1n) is 9.47. The molecule has 3 nitrogen and oxygen atoms in total. The van der Waals surface area contributed by atoms with E-state index in [0.29, 0.717) is 6.42 Å². The molecule has 1 N–H and O–H groups in total. The van der Waals surface area contributed by atoms with Gasteiger partial charge in [0, 0.05) is 43.0 Å². The Morgan fingerprint density at radius 3 is 2.58 bits per heavy atom. The molecule has 2 aromatic carbocycles. The average molecular weight is 348 g/mol. The molecule has 3 heteroatoms. The number of fused-ring (bicyclic) bond motifs is 1. The summed E-state index contributed by atoms with van der Waals surface area (Å²) in [6.07, 6.45) is 4.76. The summed E-state index contributed by atoms with van der Waals surface area (Å²) >= 11 is 0. The number of aryl methyl sites for hydroxylation is 2. The Morgan fingerprint density at radius 2 is 1.85 bits per heavy atom. The van der Waals surface area contributed by atoms with Crippen LogP contribution in [-0.2, 0) is 11.8 Å². The van der Waals surface area contributed by atoms with Gasteiger partial charge in [0.1, 0.15) is 0 Å². The van der Waals surface area contributed by atoms with Crippen molar-refractivity contribution < 1.29 is 4.79 Å². The van der Waals surface area contributed by atoms with Gasteiger partial charge in [-0.25, -0.2) is 0 Å². The zero-order valence-electron chi connectivity index (χ0n) is 16.0. The first kappa shape index (κ1) is 18.2. The summed E-state index contributed by atoms with van der Waals surface area (Å²) in [5.41, 5.74) is 4.85. The summed E-state index contributed by atoms with van der Waals surface area (Å²) in [5, 5.41) is 4.30. The maximum atomic E-state index is 12.6. The lowest BCUT2D eigenvalue weighted by Crippen LogP contribution is -2.26. The molecule has 1 heterocycles. The number of amides is 1. The molecule has 136 valence electrons. The number of para-hydroxylation sites is 1. The van der Waals surface area contributed by atoms with Gasteiger partial charge in [0.15, 0.2) is 0 Å². The van der Waals surface area contributed by atoms with Crippen molar-refractivity contribution in [2.75, 3.05) is 6.54 Å². The van der Waals surface area contributed by atoms with Gasteiger partial charge in [-0.2, -0.15) is 0 Å². The fourth-order valence-corrected chi connectivity index (χ4v) is 3.52. The number of carbonyl (C=O) groups excluding carboxylic acids is 1. The second-order valence-corrected chi connectivity index (χ2v) is 7.08. The smallest absolute Gasteiger partial charge is 0.220 e. The van der Waals surface area contributed by atoms with Crippen molar-refractivity contribution in [3.8, 4) is 0 Å². The van der Waals surface area contributed by atoms with Crippen molar-refractivity contribution >= 4 is 16.8 Å². The lowest BCUT2D eigenvalue weighted by Gasteiger charge is -2.17. The van der Waals surface area contributed by atoms with Gasteiger partial charge in [0.25, 0.3) is 0 Å². The summed E-state index contributed by atoms with van der Waals surface area (Å²) in [6, 6.07) is 17.0. The molecule has 0 radical (unpaired) electrons. The van der Waals surface area contributed by atoms with Gasteiger partial charge in [-0.05, 0) is 30.5 Å². The van der Waals surface area contributed by atoms with Crippen LogP contribution in [0.3, 0.4) is 0 Å². The SMILES string of the molecule is CCCCNC(=O)C[C@@H](c1ccc(C)cc1)c1cn(C)c2ccccc12. The van der Waals surface area contributed by atoms with Gasteiger partial charge >= 0.3 is 0 Å². The van der Waals surface area contributed by atoms with E-state index in [-0.39, 0.29) is 11.8 Å². The summed E-state index contributed by atoms with van der Waals surface area (Å²) in [5.74, 6) is 0.181. The maximum Gasteiger partial charge on any atom is 0.220 e. The van der Waals surface area contributed by atoms with Crippen LogP contribution in [0.5, 0.6) is 0 Å². The zero-order chi connectivity index (χ0) is 18.5. The topological polar surface area (TPSA) is 34.0 Å². The predicted molar refractivity (Wildman–Crippen MR) is 108 cm³/mol. The summed E-state index contributed by atoms with van der Waals surface area (Å²) in [6.45, 7) is 4.98. The van der Waals surface area contributed by atoms with E-state index in [0.717, 1.165) is 19.4 Å². The number of nitrogens with one attached hydrogen (secondary N) is 1. The van der Waals surface area contributed by atoms with Crippen molar-refractivity contribution in [1.29, 1.82) is 0 Å². The van der Waals surface area contributed by atoms with Crippen molar-refractivity contribution in [3.05, 3.63) is 71.4 Å². The van der Waals surface area contributed by atoms with E-state index in [4.69, 9.17) is 0 Å². The predicted octanol–water partition coefficient (Wildman–Crippen LogP) is 4.93. The van der Waals surface area contributed by atoms with E-state index >= 15 is 0 Å². The number of hydrogen-bond donors (Lipinski definition) is 1. The molecular weight excluding hydrogens is 320 g/mol. The standard InChI is InChI=1S/C23H28N2O/c1-4-5-14-24-23(26)15-20(18-12-10-17(2)11-13-18)21-16-25(3)22-9-7-6-8-19(21)22/h6-13,16,20H,4-5,14-15H2,1-3H3,(H,24,26)/t20-/m0/s1. The molecule has 0 bridgehead atoms. The second kappa shape index (κ2) is 8.22. The van der Waals surface area contributed by atoms with E-state index in [1.165, 1.54) is 27.6 Å². The van der Waals surface area contributed by atoms with Gasteiger partial charge in [-0.15, -0.1) is 0 Å². The summed E-state index contributed by atoms with van der Waals surface area (Å²) < 4.78 is 2.15. The number of benzene rings is 2. The number of aromatic nitrogens is 1. The molecule has 0 aliphatic carbocycles. The Bertz CT molecular complexity index is 877. The van der Waals surface area contributed by atoms with Crippen molar-refractivity contribution in [2.45, 2.75) is 39.0 Å². The molecule has 0 fully saturated rings. The van der Waals surface area contributed by atoms with E-state index in [1.807, 2.05) is 0 Å². The Labute approximate surface area is 156 Å². The highest BCUT2D eigenvalue weighted by molar-refractivity contribution is 5.86. The van der Waals surface area contributed by atoms with Gasteiger partial charge < -0.3 is 9.88 Å². The number of rotatable bonds is 7. The van der Waals surface area contributed by atoms with Crippen LogP contribution < -0.4 is 5.32 Å². The molecular formula is C23H28N2O. The molecule has 1 amide bonds. The molecule has 0 saturated carbocycles. The maximum absolute atomic E-state index is 12.6. The van der Waals surface area contributed by atoms with Crippen LogP contribution in [0.4, 0.5) is 0 Å². The molecule has 0 aliphatic heterocycles. The highest BCUT2D eigenvalue weighted by Gasteiger charge is 2.22. The normalized spacial score (nSPS) is 12.3. The monoisotopic (exact) mass is 348 g/mol. The summed E-state index contributed by atoms with van der Waals surface area (Å²) in [4.78, 5) is 12.6. The highest BCUT2D eigenvalue weighted by Crippen LogP contribution is 2.34. The fraction of sp³-hybridized carbons (Fsp3) is 0.348. The third kappa shape index (κ3) is 3.98. The third-order valence-electron chi connectivity index (χ3n) is 5.02. The van der Waals surface area contributed by atoms with E-state index in [1.54, 1.807) is 0 Å². The third-order valence-corrected chi connectivity index (χ3v) is 5.02. The van der Waals surface area contributed by atoms with Crippen molar-refractivity contribution in [3.63, 3.8) is 0 Å². The molecule has 0 aliphatic rings. The van der Waals surface area contributed by atoms with Gasteiger partial charge in [0.05, 0.1) is 0 Å². The van der Waals surface area contributed by atoms with Crippen LogP contribution in [0.2, 0.25) is 0 Å². The lowest BCUT2D eigenvalue weighted by atomic mass is 9.87. The van der Waals surface area contributed by atoms with E-state index < -0.39 is 0 Å². The van der Waals surface area contributed by atoms with Gasteiger partial charge in [-0.1, -0.05) is 61.4 Å². The zero-order valence-corrected chi connectivity index (χ0v) is 16.0. The molecule has 1 aromatic heterocycles. The Balaban J connectivity index is 1.97. The van der Waals surface area contributed by atoms with Crippen molar-refractivity contribution in [1.82, 2.24) is 9.88 Å². The van der Waals surface area contributed by atoms with Crippen LogP contribution in [0.1, 0.15) is 48.8 Å². The van der Waals surface area contributed by atoms with Crippen LogP contribution >= 0.6 is 0 Å². The molecule has 3 rings (SSSR count). The minimum atomic E-state index is 0.0586. The molecule has 0 spiro atoms. The van der Waals surface area contributed by atoms with Gasteiger partial charge in [-0.3, -0.25) is 4.79 Å². The van der Waals surface area contributed by atoms with Crippen molar-refractivity contribution in [2.24, 2.45) is 7.05 Å². The lowest BCUT2D eigenvalue weighted by molar-refractivity contribution is -0.121. The Hall–Kier alpha value is -2.55. The van der Waals surface area contributed by atoms with Gasteiger partial charge in [0.2, 0.25) is 5.91 Å². The van der Waals surface area contributed by atoms with Crippen LogP contribution in [0.25, 0.3) is 10.9 Å². The highest BCUT2D eigenvalue weighted by atomic mass is 16.1. The number of unbranched alkanes of at least 4 members (excludes halogenated alkanes) is 1. The number of nitrogens with zero attached hydrogens (tertiary/aromatic N) is 1. The Kier molecular flexibility index (Phi) is 5.77. The second-order valence-electron chi connectivity index (χ2n) is 7.08. The molecule has 0 unspecified atom stereocenters. The largest absolute Gasteiger partial charge is 0.356 e.